The summed E-state index contributed by atoms with van der Waals surface area (Å²) in [5, 5.41) is 19.9. The van der Waals surface area contributed by atoms with Gasteiger partial charge in [-0.2, -0.15) is 0 Å². The van der Waals surface area contributed by atoms with E-state index in [1.54, 1.807) is 24.3 Å². The van der Waals surface area contributed by atoms with E-state index >= 15 is 0 Å². The van der Waals surface area contributed by atoms with Crippen LogP contribution in [0.5, 0.6) is 0 Å². The Morgan fingerprint density at radius 3 is 2.76 bits per heavy atom. The molecule has 1 aromatic heterocycles. The number of nitrogens with zero attached hydrogens (tertiary/aromatic N) is 3. The van der Waals surface area contributed by atoms with Crippen molar-refractivity contribution >= 4 is 29.7 Å². The maximum Gasteiger partial charge on any atom is 0.410 e. The van der Waals surface area contributed by atoms with Crippen LogP contribution in [0.2, 0.25) is 0 Å². The van der Waals surface area contributed by atoms with Crippen LogP contribution < -0.4 is 0 Å². The number of aliphatic hydroxyl groups is 1. The molecule has 0 aromatic carbocycles. The van der Waals surface area contributed by atoms with Crippen molar-refractivity contribution in [1.82, 2.24) is 19.8 Å². The van der Waals surface area contributed by atoms with Crippen molar-refractivity contribution in [3.63, 3.8) is 0 Å². The van der Waals surface area contributed by atoms with Crippen molar-refractivity contribution in [2.75, 3.05) is 13.2 Å². The van der Waals surface area contributed by atoms with Gasteiger partial charge in [0.05, 0.1) is 24.4 Å². The molecule has 0 radical (unpaired) electrons. The Bertz CT molecular complexity index is 1010. The van der Waals surface area contributed by atoms with Gasteiger partial charge in [0.2, 0.25) is 5.91 Å². The van der Waals surface area contributed by atoms with Crippen LogP contribution in [0.4, 0.5) is 4.79 Å². The van der Waals surface area contributed by atoms with Crippen molar-refractivity contribution in [1.29, 1.82) is 0 Å². The summed E-state index contributed by atoms with van der Waals surface area (Å²) < 4.78 is 5.32. The Hall–Kier alpha value is -2.79. The highest BCUT2D eigenvalue weighted by Crippen LogP contribution is 2.52. The molecule has 3 N–H and O–H groups in total. The monoisotopic (exact) mass is 490 g/mol. The Balaban J connectivity index is 1.58. The van der Waals surface area contributed by atoms with Crippen molar-refractivity contribution in [2.24, 2.45) is 11.8 Å². The van der Waals surface area contributed by atoms with Crippen LogP contribution >= 0.6 is 11.8 Å². The van der Waals surface area contributed by atoms with Gasteiger partial charge in [-0.05, 0) is 13.3 Å². The van der Waals surface area contributed by atoms with E-state index < -0.39 is 24.1 Å². The van der Waals surface area contributed by atoms with Crippen LogP contribution in [-0.2, 0) is 14.3 Å². The fourth-order valence-corrected chi connectivity index (χ4v) is 6.93. The first-order valence-corrected chi connectivity index (χ1v) is 12.2. The van der Waals surface area contributed by atoms with Crippen LogP contribution in [0, 0.1) is 11.8 Å². The first-order valence-electron chi connectivity index (χ1n) is 11.3. The minimum absolute atomic E-state index is 0.00440. The van der Waals surface area contributed by atoms with Gasteiger partial charge in [-0.25, -0.2) is 14.6 Å². The predicted molar refractivity (Wildman–Crippen MR) is 125 cm³/mol. The summed E-state index contributed by atoms with van der Waals surface area (Å²) >= 11 is 1.41. The van der Waals surface area contributed by atoms with Gasteiger partial charge in [0.1, 0.15) is 12.3 Å². The molecule has 34 heavy (non-hydrogen) atoms. The second kappa shape index (κ2) is 9.46. The first-order chi connectivity index (χ1) is 16.2. The zero-order valence-corrected chi connectivity index (χ0v) is 20.2. The van der Waals surface area contributed by atoms with E-state index in [-0.39, 0.29) is 47.4 Å². The molecule has 1 aromatic rings. The molecule has 0 spiro atoms. The number of carboxylic acids is 1. The molecule has 3 aliphatic rings. The van der Waals surface area contributed by atoms with Crippen LogP contribution in [0.15, 0.2) is 35.8 Å². The zero-order chi connectivity index (χ0) is 24.7. The first kappa shape index (κ1) is 24.3. The molecule has 4 rings (SSSR count). The summed E-state index contributed by atoms with van der Waals surface area (Å²) in [7, 11) is 0. The molecule has 0 aliphatic carbocycles. The summed E-state index contributed by atoms with van der Waals surface area (Å²) in [6.45, 7) is 9.54. The van der Waals surface area contributed by atoms with E-state index in [9.17, 15) is 24.6 Å². The molecule has 11 heteroatoms. The number of hydrogen-bond donors (Lipinski definition) is 3. The number of carbonyl (C=O) groups excluding carboxylic acids is 2. The topological polar surface area (TPSA) is 136 Å². The Kier molecular flexibility index (Phi) is 6.77. The smallest absolute Gasteiger partial charge is 0.410 e. The molecule has 2 saturated heterocycles. The van der Waals surface area contributed by atoms with E-state index in [2.05, 4.69) is 16.5 Å². The summed E-state index contributed by atoms with van der Waals surface area (Å²) in [4.78, 5) is 48.4. The second-order valence-electron chi connectivity index (χ2n) is 9.13. The zero-order valence-electron chi connectivity index (χ0n) is 19.4. The lowest BCUT2D eigenvalue weighted by Gasteiger charge is -2.46. The van der Waals surface area contributed by atoms with Crippen LogP contribution in [0.3, 0.4) is 0 Å². The number of carboxylic acid groups (broad SMARTS) is 1. The average molecular weight is 491 g/mol. The Labute approximate surface area is 202 Å². The molecule has 4 heterocycles. The summed E-state index contributed by atoms with van der Waals surface area (Å²) in [5.41, 5.74) is 0.890. The lowest BCUT2D eigenvalue weighted by atomic mass is 9.79. The fraction of sp³-hybridized carbons (Fsp3) is 0.565. The van der Waals surface area contributed by atoms with Gasteiger partial charge >= 0.3 is 12.1 Å². The average Bonchev–Trinajstić information content (AvgIpc) is 3.50. The van der Waals surface area contributed by atoms with E-state index in [1.165, 1.54) is 22.7 Å². The van der Waals surface area contributed by atoms with E-state index in [1.807, 2.05) is 13.8 Å². The third kappa shape index (κ3) is 4.00. The summed E-state index contributed by atoms with van der Waals surface area (Å²) in [5.74, 6) is -2.38. The van der Waals surface area contributed by atoms with E-state index in [4.69, 9.17) is 4.74 Å². The third-order valence-corrected chi connectivity index (χ3v) is 8.55. The lowest BCUT2D eigenvalue weighted by molar-refractivity contribution is -0.163. The van der Waals surface area contributed by atoms with Crippen molar-refractivity contribution in [2.45, 2.75) is 56.5 Å². The SMILES string of the molecule is C=CCOC(=O)N1C[C@@H](SC2=C(C(=O)O)N3C(=O)[C@H]([C@@H](C)O)[C@H]3[C@H]2C)C[C@@H]1C(C)c1cnc[nH]1. The minimum atomic E-state index is -1.16. The van der Waals surface area contributed by atoms with Gasteiger partial charge in [-0.3, -0.25) is 4.79 Å². The Morgan fingerprint density at radius 2 is 2.18 bits per heavy atom. The molecule has 7 atom stereocenters. The van der Waals surface area contributed by atoms with Crippen molar-refractivity contribution < 1.29 is 29.3 Å². The predicted octanol–water partition coefficient (Wildman–Crippen LogP) is 2.17. The number of thioether (sulfide) groups is 1. The highest BCUT2D eigenvalue weighted by atomic mass is 32.2. The second-order valence-corrected chi connectivity index (χ2v) is 10.5. The maximum atomic E-state index is 12.8. The number of carbonyl (C=O) groups is 3. The molecule has 0 bridgehead atoms. The number of aliphatic hydroxyl groups excluding tert-OH is 1. The summed E-state index contributed by atoms with van der Waals surface area (Å²) in [6, 6.07) is -0.541. The molecular formula is C23H30N4O6S. The van der Waals surface area contributed by atoms with Crippen molar-refractivity contribution in [3.8, 4) is 0 Å². The molecular weight excluding hydrogens is 460 g/mol. The minimum Gasteiger partial charge on any atom is -0.477 e. The number of aromatic amines is 1. The van der Waals surface area contributed by atoms with Gasteiger partial charge < -0.3 is 29.7 Å². The normalized spacial score (nSPS) is 30.1. The summed E-state index contributed by atoms with van der Waals surface area (Å²) in [6.07, 6.45) is 4.16. The van der Waals surface area contributed by atoms with Crippen molar-refractivity contribution in [3.05, 3.63) is 41.5 Å². The number of rotatable bonds is 8. The quantitative estimate of drug-likeness (QED) is 0.373. The fourth-order valence-electron chi connectivity index (χ4n) is 5.39. The highest BCUT2D eigenvalue weighted by molar-refractivity contribution is 8.03. The molecule has 184 valence electrons. The maximum absolute atomic E-state index is 12.8. The van der Waals surface area contributed by atoms with Gasteiger partial charge in [-0.15, -0.1) is 11.8 Å². The van der Waals surface area contributed by atoms with Crippen LogP contribution in [0.25, 0.3) is 0 Å². The van der Waals surface area contributed by atoms with Gasteiger partial charge in [-0.1, -0.05) is 26.5 Å². The lowest BCUT2D eigenvalue weighted by Crippen LogP contribution is -2.63. The number of imidazole rings is 1. The molecule has 0 saturated carbocycles. The molecule has 10 nitrogen and oxygen atoms in total. The van der Waals surface area contributed by atoms with Crippen LogP contribution in [-0.4, -0.2) is 84.5 Å². The molecule has 2 fully saturated rings. The highest BCUT2D eigenvalue weighted by Gasteiger charge is 2.60. The van der Waals surface area contributed by atoms with E-state index in [0.717, 1.165) is 5.69 Å². The van der Waals surface area contributed by atoms with Gasteiger partial charge in [0, 0.05) is 46.5 Å². The number of ether oxygens (including phenoxy) is 1. The number of hydrogen-bond acceptors (Lipinski definition) is 7. The van der Waals surface area contributed by atoms with Crippen LogP contribution in [0.1, 0.15) is 38.8 Å². The number of H-pyrrole nitrogens is 1. The van der Waals surface area contributed by atoms with Gasteiger partial charge in [0.15, 0.2) is 0 Å². The van der Waals surface area contributed by atoms with Gasteiger partial charge in [0.25, 0.3) is 0 Å². The third-order valence-electron chi connectivity index (χ3n) is 7.06. The Morgan fingerprint density at radius 1 is 1.44 bits per heavy atom. The number of β-lactam (4-membered cyclic amide) rings is 1. The number of aromatic nitrogens is 2. The number of amides is 2. The number of aliphatic carboxylic acids is 1. The number of fused-ring (bicyclic) bond motifs is 1. The van der Waals surface area contributed by atoms with E-state index in [0.29, 0.717) is 17.9 Å². The molecule has 2 amide bonds. The number of likely N-dealkylation sites (tertiary alicyclic amines) is 1. The standard InChI is InChI=1S/C23H30N4O6S/c1-5-6-33-23(32)26-9-14(7-16(26)11(2)15-8-24-10-25-15)34-20-12(3)18-17(13(4)28)21(29)27(18)19(20)22(30)31/h5,8,10-14,16-18,28H,1,6-7,9H2,2-4H3,(H,24,25)(H,30,31)/t11?,12-,13-,14+,16-,17-,18-/m1/s1. The largest absolute Gasteiger partial charge is 0.477 e. The number of nitrogens with one attached hydrogen (secondary N) is 1. The molecule has 3 aliphatic heterocycles. The molecule has 1 unspecified atom stereocenters.